The van der Waals surface area contributed by atoms with Gasteiger partial charge in [0.25, 0.3) is 11.8 Å². The van der Waals surface area contributed by atoms with Gasteiger partial charge in [-0.2, -0.15) is 10.2 Å². The van der Waals surface area contributed by atoms with Crippen molar-refractivity contribution in [1.29, 1.82) is 5.26 Å². The lowest BCUT2D eigenvalue weighted by Crippen LogP contribution is -2.57. The average molecular weight is 557 g/mol. The highest BCUT2D eigenvalue weighted by Crippen LogP contribution is 2.34. The van der Waals surface area contributed by atoms with E-state index < -0.39 is 37.2 Å². The molecule has 0 spiro atoms. The van der Waals surface area contributed by atoms with Crippen molar-refractivity contribution < 1.29 is 38.0 Å². The molecule has 4 rings (SSSR count). The van der Waals surface area contributed by atoms with Crippen LogP contribution in [0, 0.1) is 11.3 Å². The smallest absolute Gasteiger partial charge is 0.301 e. The number of alkyl halides is 2. The van der Waals surface area contributed by atoms with E-state index in [1.54, 1.807) is 24.3 Å². The van der Waals surface area contributed by atoms with Crippen molar-refractivity contribution in [1.82, 2.24) is 19.9 Å². The van der Waals surface area contributed by atoms with Crippen molar-refractivity contribution in [3.63, 3.8) is 0 Å². The number of aliphatic hydroxyl groups excluding tert-OH is 2. The lowest BCUT2D eigenvalue weighted by Gasteiger charge is -2.38. The monoisotopic (exact) mass is 556 g/mol. The molecule has 1 aliphatic heterocycles. The summed E-state index contributed by atoms with van der Waals surface area (Å²) in [6.07, 6.45) is -2.11. The largest absolute Gasteiger partial charge is 0.491 e. The number of nitrogens with one attached hydrogen (secondary N) is 1. The Hall–Kier alpha value is -4.61. The van der Waals surface area contributed by atoms with E-state index in [9.17, 15) is 23.9 Å². The first-order valence-electron chi connectivity index (χ1n) is 12.0. The van der Waals surface area contributed by atoms with Gasteiger partial charge in [-0.3, -0.25) is 4.79 Å². The van der Waals surface area contributed by atoms with Crippen LogP contribution in [0.5, 0.6) is 17.4 Å². The number of hydrogen-bond acceptors (Lipinski definition) is 11. The number of anilines is 2. The number of nitriles is 1. The lowest BCUT2D eigenvalue weighted by molar-refractivity contribution is -0.167. The van der Waals surface area contributed by atoms with Gasteiger partial charge in [-0.05, 0) is 36.4 Å². The zero-order valence-corrected chi connectivity index (χ0v) is 21.5. The van der Waals surface area contributed by atoms with Gasteiger partial charge in [-0.1, -0.05) is 0 Å². The van der Waals surface area contributed by atoms with Gasteiger partial charge in [-0.25, -0.2) is 18.7 Å². The Balaban J connectivity index is 1.50. The van der Waals surface area contributed by atoms with Crippen molar-refractivity contribution in [2.45, 2.75) is 24.6 Å². The molecule has 1 aliphatic rings. The van der Waals surface area contributed by atoms with E-state index in [0.717, 1.165) is 4.90 Å². The summed E-state index contributed by atoms with van der Waals surface area (Å²) in [5, 5.41) is 31.1. The Morgan fingerprint density at radius 3 is 2.67 bits per heavy atom. The summed E-state index contributed by atoms with van der Waals surface area (Å²) in [5.41, 5.74) is 0.970. The number of aliphatic hydroxyl groups is 2. The van der Waals surface area contributed by atoms with Crippen LogP contribution in [0.3, 0.4) is 0 Å². The summed E-state index contributed by atoms with van der Waals surface area (Å²) in [4.78, 5) is 25.7. The number of likely N-dealkylation sites (tertiary alicyclic amines) is 1. The second kappa shape index (κ2) is 12.1. The first-order chi connectivity index (χ1) is 19.2. The predicted octanol–water partition coefficient (Wildman–Crippen LogP) is 2.14. The van der Waals surface area contributed by atoms with E-state index in [0.29, 0.717) is 22.8 Å². The van der Waals surface area contributed by atoms with Gasteiger partial charge in [0.1, 0.15) is 17.6 Å². The van der Waals surface area contributed by atoms with Crippen LogP contribution in [0.15, 0.2) is 42.6 Å². The van der Waals surface area contributed by atoms with Gasteiger partial charge in [0.15, 0.2) is 18.0 Å². The molecule has 0 bridgehead atoms. The SMILES string of the molecule is COc1ccc(Nc2nccc(-c3ccc(OC4CCN(C(=O)[C@@H](O)CO)CC4(F)F)c(C#N)c3)n2)nc1OC. The first-order valence-corrected chi connectivity index (χ1v) is 12.0. The summed E-state index contributed by atoms with van der Waals surface area (Å²) in [5.74, 6) is -3.16. The van der Waals surface area contributed by atoms with Crippen molar-refractivity contribution in [2.75, 3.05) is 39.2 Å². The van der Waals surface area contributed by atoms with E-state index in [2.05, 4.69) is 20.3 Å². The lowest BCUT2D eigenvalue weighted by atomic mass is 10.0. The molecule has 14 heteroatoms. The van der Waals surface area contributed by atoms with Gasteiger partial charge < -0.3 is 34.6 Å². The standard InChI is InChI=1S/C26H26F2N6O6/c1-38-20-5-6-22(32-23(20)39-2)33-25-30-9-7-17(31-25)15-3-4-19(16(11-15)12-29)40-21-8-10-34(14-26(21,27)28)24(37)18(36)13-35/h3-7,9,11,18,21,35-36H,8,10,13-14H2,1-2H3,(H,30,31,32,33)/t18-,21?/m0/s1. The van der Waals surface area contributed by atoms with Gasteiger partial charge in [-0.15, -0.1) is 0 Å². The van der Waals surface area contributed by atoms with Gasteiger partial charge in [0.2, 0.25) is 5.95 Å². The third-order valence-electron chi connectivity index (χ3n) is 6.10. The minimum absolute atomic E-state index is 0.0113. The molecule has 1 aromatic carbocycles. The molecule has 3 N–H and O–H groups in total. The van der Waals surface area contributed by atoms with Crippen LogP contribution in [0.25, 0.3) is 11.3 Å². The number of hydrogen-bond donors (Lipinski definition) is 3. The number of amides is 1. The van der Waals surface area contributed by atoms with Gasteiger partial charge >= 0.3 is 5.92 Å². The number of carbonyl (C=O) groups excluding carboxylic acids is 1. The third kappa shape index (κ3) is 6.16. The molecule has 1 fully saturated rings. The molecule has 2 aromatic heterocycles. The molecule has 1 amide bonds. The second-order valence-corrected chi connectivity index (χ2v) is 8.74. The number of benzene rings is 1. The predicted molar refractivity (Wildman–Crippen MR) is 136 cm³/mol. The summed E-state index contributed by atoms with van der Waals surface area (Å²) in [7, 11) is 2.95. The van der Waals surface area contributed by atoms with Crippen molar-refractivity contribution in [3.05, 3.63) is 48.2 Å². The zero-order valence-electron chi connectivity index (χ0n) is 21.5. The van der Waals surface area contributed by atoms with Crippen LogP contribution < -0.4 is 19.5 Å². The molecule has 0 saturated carbocycles. The fraction of sp³-hybridized carbons (Fsp3) is 0.346. The van der Waals surface area contributed by atoms with Crippen LogP contribution in [-0.4, -0.2) is 88.0 Å². The molecular formula is C26H26F2N6O6. The molecule has 3 aromatic rings. The van der Waals surface area contributed by atoms with E-state index in [-0.39, 0.29) is 36.1 Å². The first kappa shape index (κ1) is 28.4. The average Bonchev–Trinajstić information content (AvgIpc) is 2.97. The molecule has 2 atom stereocenters. The van der Waals surface area contributed by atoms with Crippen LogP contribution in [0.1, 0.15) is 12.0 Å². The third-order valence-corrected chi connectivity index (χ3v) is 6.10. The number of methoxy groups -OCH3 is 2. The Morgan fingerprint density at radius 1 is 1.23 bits per heavy atom. The number of pyridine rings is 1. The van der Waals surface area contributed by atoms with Crippen molar-refractivity contribution >= 4 is 17.7 Å². The van der Waals surface area contributed by atoms with Gasteiger partial charge in [0, 0.05) is 24.7 Å². The Labute approximate surface area is 227 Å². The highest BCUT2D eigenvalue weighted by atomic mass is 19.3. The Kier molecular flexibility index (Phi) is 8.56. The highest BCUT2D eigenvalue weighted by molar-refractivity contribution is 5.81. The second-order valence-electron chi connectivity index (χ2n) is 8.74. The minimum atomic E-state index is -3.46. The molecule has 40 heavy (non-hydrogen) atoms. The van der Waals surface area contributed by atoms with Crippen LogP contribution in [0.2, 0.25) is 0 Å². The molecule has 210 valence electrons. The summed E-state index contributed by atoms with van der Waals surface area (Å²) in [6, 6.07) is 11.3. The number of carbonyl (C=O) groups is 1. The zero-order chi connectivity index (χ0) is 28.9. The molecular weight excluding hydrogens is 530 g/mol. The van der Waals surface area contributed by atoms with Crippen molar-refractivity contribution in [2.24, 2.45) is 0 Å². The van der Waals surface area contributed by atoms with E-state index in [1.165, 1.54) is 32.5 Å². The Bertz CT molecular complexity index is 1420. The molecule has 1 saturated heterocycles. The van der Waals surface area contributed by atoms with Crippen LogP contribution in [0.4, 0.5) is 20.5 Å². The summed E-state index contributed by atoms with van der Waals surface area (Å²) in [6.45, 7) is -1.96. The van der Waals surface area contributed by atoms with E-state index in [1.807, 2.05) is 6.07 Å². The van der Waals surface area contributed by atoms with E-state index >= 15 is 0 Å². The summed E-state index contributed by atoms with van der Waals surface area (Å²) < 4.78 is 45.6. The topological polar surface area (TPSA) is 163 Å². The van der Waals surface area contributed by atoms with Crippen LogP contribution in [-0.2, 0) is 4.79 Å². The maximum absolute atomic E-state index is 14.8. The number of ether oxygens (including phenoxy) is 3. The molecule has 0 aliphatic carbocycles. The number of halogens is 2. The fourth-order valence-corrected chi connectivity index (χ4v) is 4.07. The number of nitrogens with zero attached hydrogens (tertiary/aromatic N) is 5. The minimum Gasteiger partial charge on any atom is -0.491 e. The van der Waals surface area contributed by atoms with Crippen LogP contribution >= 0.6 is 0 Å². The number of piperidine rings is 1. The molecule has 1 unspecified atom stereocenters. The maximum atomic E-state index is 14.8. The normalized spacial score (nSPS) is 16.9. The quantitative estimate of drug-likeness (QED) is 0.354. The Morgan fingerprint density at radius 2 is 2.00 bits per heavy atom. The number of aromatic nitrogens is 3. The highest BCUT2D eigenvalue weighted by Gasteiger charge is 2.48. The van der Waals surface area contributed by atoms with Crippen molar-refractivity contribution in [3.8, 4) is 34.7 Å². The fourth-order valence-electron chi connectivity index (χ4n) is 4.07. The molecule has 3 heterocycles. The van der Waals surface area contributed by atoms with Gasteiger partial charge in [0.05, 0.1) is 38.6 Å². The number of rotatable bonds is 9. The van der Waals surface area contributed by atoms with E-state index in [4.69, 9.17) is 19.3 Å². The summed E-state index contributed by atoms with van der Waals surface area (Å²) >= 11 is 0. The molecule has 12 nitrogen and oxygen atoms in total. The molecule has 0 radical (unpaired) electrons. The maximum Gasteiger partial charge on any atom is 0.301 e.